The summed E-state index contributed by atoms with van der Waals surface area (Å²) in [6, 6.07) is 9.69. The normalized spacial score (nSPS) is 13.1. The lowest BCUT2D eigenvalue weighted by molar-refractivity contribution is 0.445. The molecule has 0 radical (unpaired) electrons. The summed E-state index contributed by atoms with van der Waals surface area (Å²) in [5.41, 5.74) is 0.245. The molecule has 0 saturated heterocycles. The molecule has 20 heavy (non-hydrogen) atoms. The molecule has 0 fully saturated rings. The summed E-state index contributed by atoms with van der Waals surface area (Å²) in [6.45, 7) is 0. The topological polar surface area (TPSA) is 112 Å². The van der Waals surface area contributed by atoms with Crippen molar-refractivity contribution in [2.45, 2.75) is 9.79 Å². The zero-order chi connectivity index (χ0) is 14.9. The summed E-state index contributed by atoms with van der Waals surface area (Å²) in [7, 11) is -4.59. The van der Waals surface area contributed by atoms with Crippen LogP contribution < -0.4 is 0 Å². The Morgan fingerprint density at radius 1 is 0.950 bits per heavy atom. The number of benzene rings is 2. The number of phenolic OH excluding ortho intramolecular Hbond substituents is 1. The second-order valence-corrected chi connectivity index (χ2v) is 6.20. The Bertz CT molecular complexity index is 782. The molecule has 0 heterocycles. The molecule has 0 aromatic heterocycles. The van der Waals surface area contributed by atoms with E-state index in [1.54, 1.807) is 6.07 Å². The lowest BCUT2D eigenvalue weighted by atomic mass is 10.0. The number of para-hydroxylation sites is 1. The predicted octanol–water partition coefficient (Wildman–Crippen LogP) is 1.89. The maximum absolute atomic E-state index is 11.3. The predicted molar refractivity (Wildman–Crippen MR) is 72.4 cm³/mol. The van der Waals surface area contributed by atoms with Gasteiger partial charge in [-0.2, -0.15) is 8.42 Å². The standard InChI is InChI=1S/C12H10O6S2/c13-12-9(5-3-7-11(12)20(16,17)18)8-4-1-2-6-10(8)19(14)15/h1-7,13H,(H,14,15)(H,16,17,18). The summed E-state index contributed by atoms with van der Waals surface area (Å²) >= 11 is -2.30. The van der Waals surface area contributed by atoms with Gasteiger partial charge < -0.3 is 9.66 Å². The highest BCUT2D eigenvalue weighted by molar-refractivity contribution is 7.86. The van der Waals surface area contributed by atoms with Crippen molar-refractivity contribution in [2.75, 3.05) is 0 Å². The monoisotopic (exact) mass is 314 g/mol. The molecular formula is C12H10O6S2. The summed E-state index contributed by atoms with van der Waals surface area (Å²) in [5, 5.41) is 9.96. The highest BCUT2D eigenvalue weighted by Gasteiger charge is 2.20. The quantitative estimate of drug-likeness (QED) is 0.589. The summed E-state index contributed by atoms with van der Waals surface area (Å²) in [5.74, 6) is -0.673. The van der Waals surface area contributed by atoms with E-state index >= 15 is 0 Å². The fourth-order valence-electron chi connectivity index (χ4n) is 1.79. The highest BCUT2D eigenvalue weighted by atomic mass is 32.2. The molecule has 0 aliphatic heterocycles. The molecule has 8 heteroatoms. The molecule has 0 amide bonds. The van der Waals surface area contributed by atoms with Gasteiger partial charge in [-0.3, -0.25) is 4.55 Å². The van der Waals surface area contributed by atoms with Gasteiger partial charge >= 0.3 is 0 Å². The van der Waals surface area contributed by atoms with E-state index in [-0.39, 0.29) is 16.0 Å². The average molecular weight is 314 g/mol. The van der Waals surface area contributed by atoms with E-state index in [9.17, 15) is 22.3 Å². The number of rotatable bonds is 3. The van der Waals surface area contributed by atoms with Crippen LogP contribution in [-0.4, -0.2) is 26.8 Å². The van der Waals surface area contributed by atoms with Crippen LogP contribution in [0.5, 0.6) is 5.75 Å². The van der Waals surface area contributed by atoms with Crippen molar-refractivity contribution in [3.05, 3.63) is 42.5 Å². The van der Waals surface area contributed by atoms with Crippen LogP contribution in [0.1, 0.15) is 0 Å². The largest absolute Gasteiger partial charge is 0.506 e. The minimum absolute atomic E-state index is 0.0234. The van der Waals surface area contributed by atoms with Crippen LogP contribution in [-0.2, 0) is 21.2 Å². The van der Waals surface area contributed by atoms with Crippen molar-refractivity contribution >= 4 is 21.2 Å². The summed E-state index contributed by atoms with van der Waals surface area (Å²) in [4.78, 5) is -0.635. The van der Waals surface area contributed by atoms with Crippen LogP contribution in [0.2, 0.25) is 0 Å². The number of aromatic hydroxyl groups is 1. The molecule has 2 aromatic carbocycles. The van der Waals surface area contributed by atoms with Gasteiger partial charge in [-0.25, -0.2) is 4.21 Å². The molecule has 1 unspecified atom stereocenters. The van der Waals surface area contributed by atoms with Gasteiger partial charge in [0.2, 0.25) is 0 Å². The summed E-state index contributed by atoms with van der Waals surface area (Å²) < 4.78 is 51.8. The van der Waals surface area contributed by atoms with E-state index in [1.165, 1.54) is 30.3 Å². The average Bonchev–Trinajstić information content (AvgIpc) is 2.37. The molecule has 3 N–H and O–H groups in total. The first-order valence-corrected chi connectivity index (χ1v) is 7.87. The molecule has 1 atom stereocenters. The smallest absolute Gasteiger partial charge is 0.298 e. The van der Waals surface area contributed by atoms with E-state index in [1.807, 2.05) is 0 Å². The molecule has 2 aromatic rings. The molecule has 6 nitrogen and oxygen atoms in total. The number of hydrogen-bond acceptors (Lipinski definition) is 4. The fourth-order valence-corrected chi connectivity index (χ4v) is 2.96. The number of hydrogen-bond donors (Lipinski definition) is 3. The van der Waals surface area contributed by atoms with Crippen molar-refractivity contribution in [3.8, 4) is 16.9 Å². The van der Waals surface area contributed by atoms with Gasteiger partial charge in [-0.15, -0.1) is 0 Å². The third-order valence-electron chi connectivity index (χ3n) is 2.64. The summed E-state index contributed by atoms with van der Waals surface area (Å²) in [6.07, 6.45) is 0. The van der Waals surface area contributed by atoms with Gasteiger partial charge in [0.05, 0.1) is 4.90 Å². The van der Waals surface area contributed by atoms with Crippen LogP contribution in [0.15, 0.2) is 52.3 Å². The SMILES string of the molecule is O=S(O)c1ccccc1-c1cccc(S(=O)(=O)O)c1O. The van der Waals surface area contributed by atoms with Crippen LogP contribution in [0.3, 0.4) is 0 Å². The lowest BCUT2D eigenvalue weighted by Crippen LogP contribution is -2.00. The van der Waals surface area contributed by atoms with Crippen molar-refractivity contribution in [2.24, 2.45) is 0 Å². The second kappa shape index (κ2) is 5.33. The Labute approximate surface area is 117 Å². The fraction of sp³-hybridized carbons (Fsp3) is 0. The van der Waals surface area contributed by atoms with E-state index in [4.69, 9.17) is 4.55 Å². The van der Waals surface area contributed by atoms with Gasteiger partial charge in [0.25, 0.3) is 10.1 Å². The Morgan fingerprint density at radius 3 is 2.15 bits per heavy atom. The second-order valence-electron chi connectivity index (χ2n) is 3.87. The Hall–Kier alpha value is -1.74. The van der Waals surface area contributed by atoms with Crippen LogP contribution in [0, 0.1) is 0 Å². The Balaban J connectivity index is 2.76. The zero-order valence-corrected chi connectivity index (χ0v) is 11.6. The first-order chi connectivity index (χ1) is 9.32. The van der Waals surface area contributed by atoms with Gasteiger partial charge in [0.1, 0.15) is 10.6 Å². The van der Waals surface area contributed by atoms with Gasteiger partial charge in [-0.1, -0.05) is 30.3 Å². The van der Waals surface area contributed by atoms with Crippen LogP contribution in [0.4, 0.5) is 0 Å². The van der Waals surface area contributed by atoms with Crippen molar-refractivity contribution in [3.63, 3.8) is 0 Å². The maximum atomic E-state index is 11.3. The van der Waals surface area contributed by atoms with Crippen molar-refractivity contribution < 1.29 is 26.8 Å². The van der Waals surface area contributed by atoms with Crippen LogP contribution in [0.25, 0.3) is 11.1 Å². The molecule has 0 aliphatic carbocycles. The van der Waals surface area contributed by atoms with Crippen LogP contribution >= 0.6 is 0 Å². The van der Waals surface area contributed by atoms with E-state index < -0.39 is 31.8 Å². The van der Waals surface area contributed by atoms with E-state index in [0.29, 0.717) is 0 Å². The van der Waals surface area contributed by atoms with Gasteiger partial charge in [-0.05, 0) is 12.1 Å². The third-order valence-corrected chi connectivity index (χ3v) is 4.26. The third kappa shape index (κ3) is 2.73. The molecule has 0 saturated carbocycles. The van der Waals surface area contributed by atoms with Crippen molar-refractivity contribution in [1.29, 1.82) is 0 Å². The van der Waals surface area contributed by atoms with E-state index in [0.717, 1.165) is 6.07 Å². The molecule has 0 bridgehead atoms. The highest BCUT2D eigenvalue weighted by Crippen LogP contribution is 2.36. The molecule has 0 aliphatic rings. The Morgan fingerprint density at radius 2 is 1.55 bits per heavy atom. The number of phenols is 1. The van der Waals surface area contributed by atoms with Gasteiger partial charge in [0.15, 0.2) is 11.1 Å². The van der Waals surface area contributed by atoms with Crippen molar-refractivity contribution in [1.82, 2.24) is 0 Å². The molecule has 0 spiro atoms. The van der Waals surface area contributed by atoms with E-state index in [2.05, 4.69) is 0 Å². The molecule has 2 rings (SSSR count). The zero-order valence-electron chi connectivity index (χ0n) is 9.92. The first-order valence-electron chi connectivity index (χ1n) is 5.32. The maximum Gasteiger partial charge on any atom is 0.298 e. The first kappa shape index (κ1) is 14.7. The van der Waals surface area contributed by atoms with Gasteiger partial charge in [0, 0.05) is 11.1 Å². The minimum Gasteiger partial charge on any atom is -0.506 e. The lowest BCUT2D eigenvalue weighted by Gasteiger charge is -2.10. The molecular weight excluding hydrogens is 304 g/mol. The Kier molecular flexibility index (Phi) is 3.91. The minimum atomic E-state index is -4.59. The molecule has 106 valence electrons.